The molecule has 136 valence electrons. The van der Waals surface area contributed by atoms with Crippen molar-refractivity contribution in [2.24, 2.45) is 0 Å². The standard InChI is InChI=1S/C19H26N2O3S/c1-6-21-12(4)17(13(5)22)18(20-19(21)25)15-10-9-14(23-7-2)11-16(15)24-8-3/h9-11,18H,6-8H2,1-5H3,(H,20,25). The van der Waals surface area contributed by atoms with Crippen molar-refractivity contribution in [3.8, 4) is 11.5 Å². The molecule has 0 amide bonds. The number of allylic oxidation sites excluding steroid dienone is 1. The van der Waals surface area contributed by atoms with Crippen LogP contribution in [0, 0.1) is 0 Å². The van der Waals surface area contributed by atoms with Crippen molar-refractivity contribution in [3.63, 3.8) is 0 Å². The van der Waals surface area contributed by atoms with Crippen LogP contribution in [0.5, 0.6) is 11.5 Å². The summed E-state index contributed by atoms with van der Waals surface area (Å²) < 4.78 is 11.4. The van der Waals surface area contributed by atoms with E-state index in [1.54, 1.807) is 6.92 Å². The van der Waals surface area contributed by atoms with Crippen LogP contribution in [0.25, 0.3) is 0 Å². The smallest absolute Gasteiger partial charge is 0.173 e. The van der Waals surface area contributed by atoms with Crippen LogP contribution >= 0.6 is 12.2 Å². The molecule has 0 aliphatic carbocycles. The molecule has 1 aliphatic rings. The monoisotopic (exact) mass is 362 g/mol. The Bertz CT molecular complexity index is 700. The second-order valence-electron chi connectivity index (χ2n) is 5.75. The van der Waals surface area contributed by atoms with Gasteiger partial charge in [-0.1, -0.05) is 0 Å². The van der Waals surface area contributed by atoms with Crippen molar-refractivity contribution in [2.45, 2.75) is 40.7 Å². The number of carbonyl (C=O) groups excluding carboxylic acids is 1. The van der Waals surface area contributed by atoms with Crippen LogP contribution in [0.15, 0.2) is 29.5 Å². The predicted octanol–water partition coefficient (Wildman–Crippen LogP) is 3.60. The third-order valence-corrected chi connectivity index (χ3v) is 4.54. The van der Waals surface area contributed by atoms with Gasteiger partial charge in [-0.3, -0.25) is 4.79 Å². The summed E-state index contributed by atoms with van der Waals surface area (Å²) in [6, 6.07) is 5.37. The molecule has 1 aliphatic heterocycles. The number of nitrogens with zero attached hydrogens (tertiary/aromatic N) is 1. The molecule has 0 radical (unpaired) electrons. The Labute approximate surface area is 155 Å². The molecule has 1 heterocycles. The summed E-state index contributed by atoms with van der Waals surface area (Å²) in [4.78, 5) is 14.3. The molecule has 6 heteroatoms. The Hall–Kier alpha value is -2.08. The predicted molar refractivity (Wildman–Crippen MR) is 103 cm³/mol. The molecular formula is C19H26N2O3S. The van der Waals surface area contributed by atoms with Gasteiger partial charge >= 0.3 is 0 Å². The lowest BCUT2D eigenvalue weighted by molar-refractivity contribution is -0.114. The molecule has 0 spiro atoms. The Morgan fingerprint density at radius 2 is 1.92 bits per heavy atom. The number of thiocarbonyl (C=S) groups is 1. The first-order chi connectivity index (χ1) is 11.9. The quantitative estimate of drug-likeness (QED) is 0.748. The maximum atomic E-state index is 12.4. The zero-order valence-corrected chi connectivity index (χ0v) is 16.3. The fraction of sp³-hybridized carbons (Fsp3) is 0.474. The number of ether oxygens (including phenoxy) is 2. The van der Waals surface area contributed by atoms with E-state index in [0.29, 0.717) is 36.2 Å². The minimum absolute atomic E-state index is 0.0206. The van der Waals surface area contributed by atoms with Gasteiger partial charge in [-0.2, -0.15) is 0 Å². The summed E-state index contributed by atoms with van der Waals surface area (Å²) >= 11 is 5.50. The molecule has 1 atom stereocenters. The van der Waals surface area contributed by atoms with Crippen molar-refractivity contribution in [1.29, 1.82) is 0 Å². The molecule has 5 nitrogen and oxygen atoms in total. The second-order valence-corrected chi connectivity index (χ2v) is 6.13. The molecule has 0 saturated heterocycles. The SMILES string of the molecule is CCOc1ccc(C2NC(=S)N(CC)C(C)=C2C(C)=O)c(OCC)c1. The van der Waals surface area contributed by atoms with E-state index in [9.17, 15) is 4.79 Å². The van der Waals surface area contributed by atoms with Crippen LogP contribution in [-0.4, -0.2) is 35.6 Å². The molecule has 1 unspecified atom stereocenters. The molecular weight excluding hydrogens is 336 g/mol. The number of nitrogens with one attached hydrogen (secondary N) is 1. The van der Waals surface area contributed by atoms with E-state index in [4.69, 9.17) is 21.7 Å². The Balaban J connectivity index is 2.56. The average molecular weight is 362 g/mol. The van der Waals surface area contributed by atoms with Gasteiger partial charge in [0.05, 0.1) is 19.3 Å². The Kier molecular flexibility index (Phi) is 6.42. The van der Waals surface area contributed by atoms with E-state index in [-0.39, 0.29) is 11.8 Å². The Morgan fingerprint density at radius 1 is 1.24 bits per heavy atom. The third kappa shape index (κ3) is 3.95. The van der Waals surface area contributed by atoms with Gasteiger partial charge in [0.2, 0.25) is 0 Å². The van der Waals surface area contributed by atoms with Gasteiger partial charge in [-0.15, -0.1) is 0 Å². The van der Waals surface area contributed by atoms with Crippen molar-refractivity contribution in [3.05, 3.63) is 35.0 Å². The van der Waals surface area contributed by atoms with E-state index in [1.165, 1.54) is 0 Å². The molecule has 1 aromatic carbocycles. The molecule has 25 heavy (non-hydrogen) atoms. The summed E-state index contributed by atoms with van der Waals surface area (Å²) in [5.74, 6) is 1.46. The second kappa shape index (κ2) is 8.34. The largest absolute Gasteiger partial charge is 0.494 e. The van der Waals surface area contributed by atoms with Crippen LogP contribution in [0.2, 0.25) is 0 Å². The van der Waals surface area contributed by atoms with Crippen molar-refractivity contribution in [1.82, 2.24) is 10.2 Å². The molecule has 0 saturated carbocycles. The highest BCUT2D eigenvalue weighted by atomic mass is 32.1. The van der Waals surface area contributed by atoms with Gasteiger partial charge in [0, 0.05) is 29.4 Å². The maximum absolute atomic E-state index is 12.4. The molecule has 2 rings (SSSR count). The van der Waals surface area contributed by atoms with Gasteiger partial charge in [0.1, 0.15) is 11.5 Å². The van der Waals surface area contributed by atoms with E-state index in [0.717, 1.165) is 17.0 Å². The van der Waals surface area contributed by atoms with Crippen molar-refractivity contribution in [2.75, 3.05) is 19.8 Å². The normalized spacial score (nSPS) is 17.4. The van der Waals surface area contributed by atoms with Crippen LogP contribution < -0.4 is 14.8 Å². The molecule has 1 N–H and O–H groups in total. The highest BCUT2D eigenvalue weighted by Crippen LogP contribution is 2.37. The summed E-state index contributed by atoms with van der Waals surface area (Å²) in [6.07, 6.45) is 0. The number of rotatable bonds is 7. The van der Waals surface area contributed by atoms with E-state index >= 15 is 0 Å². The Morgan fingerprint density at radius 3 is 2.48 bits per heavy atom. The van der Waals surface area contributed by atoms with Gasteiger partial charge in [-0.05, 0) is 59.0 Å². The van der Waals surface area contributed by atoms with Gasteiger partial charge in [-0.25, -0.2) is 0 Å². The van der Waals surface area contributed by atoms with Crippen molar-refractivity contribution >= 4 is 23.1 Å². The lowest BCUT2D eigenvalue weighted by atomic mass is 9.92. The fourth-order valence-corrected chi connectivity index (χ4v) is 3.53. The first-order valence-corrected chi connectivity index (χ1v) is 9.04. The van der Waals surface area contributed by atoms with Crippen LogP contribution in [0.1, 0.15) is 46.2 Å². The first-order valence-electron chi connectivity index (χ1n) is 8.63. The summed E-state index contributed by atoms with van der Waals surface area (Å²) in [7, 11) is 0. The van der Waals surface area contributed by atoms with E-state index < -0.39 is 0 Å². The van der Waals surface area contributed by atoms with E-state index in [1.807, 2.05) is 50.8 Å². The summed E-state index contributed by atoms with van der Waals surface area (Å²) in [5.41, 5.74) is 2.48. The number of ketones is 1. The minimum Gasteiger partial charge on any atom is -0.494 e. The fourth-order valence-electron chi connectivity index (χ4n) is 3.14. The summed E-state index contributed by atoms with van der Waals surface area (Å²) in [5, 5.41) is 3.92. The number of hydrogen-bond acceptors (Lipinski definition) is 4. The number of hydrogen-bond donors (Lipinski definition) is 1. The van der Waals surface area contributed by atoms with Crippen LogP contribution in [0.4, 0.5) is 0 Å². The number of benzene rings is 1. The molecule has 0 fully saturated rings. The molecule has 1 aromatic rings. The van der Waals surface area contributed by atoms with Gasteiger partial charge < -0.3 is 19.7 Å². The van der Waals surface area contributed by atoms with E-state index in [2.05, 4.69) is 5.32 Å². The minimum atomic E-state index is -0.329. The highest BCUT2D eigenvalue weighted by molar-refractivity contribution is 7.80. The highest BCUT2D eigenvalue weighted by Gasteiger charge is 2.33. The summed E-state index contributed by atoms with van der Waals surface area (Å²) in [6.45, 7) is 11.2. The first kappa shape index (κ1) is 19.2. The maximum Gasteiger partial charge on any atom is 0.173 e. The zero-order chi connectivity index (χ0) is 18.6. The van der Waals surface area contributed by atoms with Crippen LogP contribution in [0.3, 0.4) is 0 Å². The van der Waals surface area contributed by atoms with Gasteiger partial charge in [0.25, 0.3) is 0 Å². The lowest BCUT2D eigenvalue weighted by Crippen LogP contribution is -2.47. The number of Topliss-reactive ketones (excluding diaryl/α,β-unsaturated/α-hetero) is 1. The average Bonchev–Trinajstić information content (AvgIpc) is 2.55. The van der Waals surface area contributed by atoms with Crippen LogP contribution in [-0.2, 0) is 4.79 Å². The lowest BCUT2D eigenvalue weighted by Gasteiger charge is -2.37. The molecule has 0 aromatic heterocycles. The topological polar surface area (TPSA) is 50.8 Å². The number of carbonyl (C=O) groups is 1. The van der Waals surface area contributed by atoms with Crippen molar-refractivity contribution < 1.29 is 14.3 Å². The molecule has 0 bridgehead atoms. The third-order valence-electron chi connectivity index (χ3n) is 4.20. The zero-order valence-electron chi connectivity index (χ0n) is 15.5. The van der Waals surface area contributed by atoms with Gasteiger partial charge in [0.15, 0.2) is 10.9 Å².